The molecule has 73 heavy (non-hydrogen) atoms. The Kier molecular flexibility index (Phi) is 17.9. The number of aromatic nitrogens is 3. The summed E-state index contributed by atoms with van der Waals surface area (Å²) in [6, 6.07) is 17.0. The Hall–Kier alpha value is -5.66. The molecule has 0 aliphatic carbocycles. The van der Waals surface area contributed by atoms with Gasteiger partial charge in [-0.2, -0.15) is 4.98 Å². The lowest BCUT2D eigenvalue weighted by molar-refractivity contribution is -0.144. The number of rotatable bonds is 19. The SMILES string of the molecule is Cc1cc(Nc2ncc(Cl)c(Nc3ccccc3S(=O)(=O)C(C)C)n2)c(OC(C)C)cc1C1CCN(CCCC(=O)N[C@H](C(=O)N2C[C@H](O)C[C@H]2C(=O)NCc2ccc(-c3scnc3C)cc2)C(C)(C)C)CC1. The van der Waals surface area contributed by atoms with Gasteiger partial charge in [-0.05, 0) is 138 Å². The van der Waals surface area contributed by atoms with Crippen LogP contribution in [-0.4, -0.2) is 112 Å². The van der Waals surface area contributed by atoms with Gasteiger partial charge in [0, 0.05) is 25.9 Å². The van der Waals surface area contributed by atoms with Crippen LogP contribution in [0.2, 0.25) is 5.02 Å². The van der Waals surface area contributed by atoms with Gasteiger partial charge in [0.2, 0.25) is 23.7 Å². The molecule has 0 spiro atoms. The molecule has 3 aromatic carbocycles. The van der Waals surface area contributed by atoms with Crippen LogP contribution in [0.3, 0.4) is 0 Å². The Balaban J connectivity index is 0.916. The Morgan fingerprint density at radius 3 is 2.33 bits per heavy atom. The van der Waals surface area contributed by atoms with Crippen LogP contribution in [-0.2, 0) is 30.8 Å². The zero-order valence-corrected chi connectivity index (χ0v) is 45.7. The molecule has 2 aliphatic heterocycles. The highest BCUT2D eigenvalue weighted by Gasteiger charge is 2.44. The lowest BCUT2D eigenvalue weighted by Crippen LogP contribution is -2.57. The number of para-hydroxylation sites is 1. The summed E-state index contributed by atoms with van der Waals surface area (Å²) in [5, 5.41) is 22.7. The van der Waals surface area contributed by atoms with Gasteiger partial charge in [0.05, 0.1) is 56.0 Å². The van der Waals surface area contributed by atoms with Gasteiger partial charge in [0.1, 0.15) is 22.9 Å². The number of nitrogens with zero attached hydrogens (tertiary/aromatic N) is 5. The number of aryl methyl sites for hydroxylation is 2. The maximum Gasteiger partial charge on any atom is 0.246 e. The normalized spacial score (nSPS) is 17.2. The van der Waals surface area contributed by atoms with E-state index in [1.807, 2.05) is 77.4 Å². The number of carbonyl (C=O) groups is 3. The average Bonchev–Trinajstić information content (AvgIpc) is 3.96. The molecule has 19 heteroatoms. The van der Waals surface area contributed by atoms with Gasteiger partial charge in [0.15, 0.2) is 15.7 Å². The monoisotopic (exact) mass is 1060 g/mol. The largest absolute Gasteiger partial charge is 0.489 e. The Bertz CT molecular complexity index is 2860. The number of aliphatic hydroxyl groups excluding tert-OH is 1. The second-order valence-corrected chi connectivity index (χ2v) is 24.5. The summed E-state index contributed by atoms with van der Waals surface area (Å²) in [4.78, 5) is 59.7. The maximum absolute atomic E-state index is 14.2. The van der Waals surface area contributed by atoms with E-state index in [1.165, 1.54) is 16.7 Å². The topological polar surface area (TPSA) is 208 Å². The Morgan fingerprint density at radius 1 is 0.959 bits per heavy atom. The van der Waals surface area contributed by atoms with Crippen LogP contribution in [0.4, 0.5) is 23.1 Å². The predicted octanol–water partition coefficient (Wildman–Crippen LogP) is 9.10. The number of carbonyl (C=O) groups excluding carboxylic acids is 3. The van der Waals surface area contributed by atoms with E-state index >= 15 is 0 Å². The smallest absolute Gasteiger partial charge is 0.246 e. The molecule has 2 fully saturated rings. The number of thiazole rings is 1. The zero-order valence-electron chi connectivity index (χ0n) is 43.3. The maximum atomic E-state index is 14.2. The third-order valence-electron chi connectivity index (χ3n) is 13.4. The van der Waals surface area contributed by atoms with Crippen LogP contribution in [0.5, 0.6) is 5.75 Å². The summed E-state index contributed by atoms with van der Waals surface area (Å²) in [5.41, 5.74) is 7.40. The van der Waals surface area contributed by atoms with E-state index < -0.39 is 38.7 Å². The number of aliphatic hydroxyl groups is 1. The summed E-state index contributed by atoms with van der Waals surface area (Å²) in [5.74, 6) is 0.460. The van der Waals surface area contributed by atoms with Crippen LogP contribution < -0.4 is 26.0 Å². The van der Waals surface area contributed by atoms with Gasteiger partial charge in [-0.3, -0.25) is 14.4 Å². The van der Waals surface area contributed by atoms with E-state index in [9.17, 15) is 27.9 Å². The molecule has 4 heterocycles. The number of ether oxygens (including phenoxy) is 1. The first-order chi connectivity index (χ1) is 34.6. The lowest BCUT2D eigenvalue weighted by atomic mass is 9.85. The fourth-order valence-corrected chi connectivity index (χ4v) is 11.5. The number of benzene rings is 3. The molecule has 3 amide bonds. The number of nitrogens with one attached hydrogen (secondary N) is 4. The van der Waals surface area contributed by atoms with Crippen LogP contribution in [0, 0.1) is 19.3 Å². The van der Waals surface area contributed by atoms with E-state index in [1.54, 1.807) is 49.4 Å². The minimum absolute atomic E-state index is 0.00937. The van der Waals surface area contributed by atoms with Gasteiger partial charge >= 0.3 is 0 Å². The van der Waals surface area contributed by atoms with E-state index in [0.717, 1.165) is 59.7 Å². The van der Waals surface area contributed by atoms with Crippen molar-refractivity contribution in [3.8, 4) is 16.2 Å². The quantitative estimate of drug-likeness (QED) is 0.0524. The molecule has 392 valence electrons. The molecule has 0 bridgehead atoms. The molecule has 0 radical (unpaired) electrons. The zero-order chi connectivity index (χ0) is 52.8. The van der Waals surface area contributed by atoms with Crippen LogP contribution in [0.25, 0.3) is 10.4 Å². The van der Waals surface area contributed by atoms with Crippen molar-refractivity contribution < 1.29 is 32.6 Å². The van der Waals surface area contributed by atoms with Crippen molar-refractivity contribution in [2.45, 2.75) is 141 Å². The van der Waals surface area contributed by atoms with E-state index in [0.29, 0.717) is 23.5 Å². The highest BCUT2D eigenvalue weighted by atomic mass is 35.5. The Labute approximate surface area is 439 Å². The van der Waals surface area contributed by atoms with Crippen molar-refractivity contribution in [1.82, 2.24) is 35.4 Å². The summed E-state index contributed by atoms with van der Waals surface area (Å²) in [6.07, 6.45) is 3.28. The molecular formula is C54H70ClN9O7S2. The molecule has 3 atom stereocenters. The molecular weight excluding hydrogens is 986 g/mol. The van der Waals surface area contributed by atoms with E-state index in [2.05, 4.69) is 54.1 Å². The number of likely N-dealkylation sites (tertiary alicyclic amines) is 2. The number of hydrogen-bond acceptors (Lipinski definition) is 14. The van der Waals surface area contributed by atoms with Crippen molar-refractivity contribution in [1.29, 1.82) is 0 Å². The molecule has 2 saturated heterocycles. The van der Waals surface area contributed by atoms with Crippen molar-refractivity contribution in [3.63, 3.8) is 0 Å². The minimum Gasteiger partial charge on any atom is -0.489 e. The summed E-state index contributed by atoms with van der Waals surface area (Å²) < 4.78 is 32.6. The standard InChI is InChI=1S/C54H70ClN9O7S2/c1-32(2)71-45-27-40(34(5)25-43(45)60-53-57-29-41(55)50(62-53)59-42-13-10-11-14-46(42)73(69,70)33(3)4)37-20-23-63(24-21-37)22-12-15-47(66)61-49(54(7,8)9)52(68)64-30-39(65)26-44(64)51(67)56-28-36-16-18-38(19-17-36)48-35(6)58-31-72-48/h10-11,13-14,16-19,25,27,29,31-33,37,39,44,49,65H,12,15,20-24,26,28,30H2,1-9H3,(H,56,67)(H,61,66)(H2,57,59,60,62)/t39-,44+,49-/m1/s1. The number of amides is 3. The fraction of sp³-hybridized carbons (Fsp3) is 0.481. The van der Waals surface area contributed by atoms with Gasteiger partial charge in [0.25, 0.3) is 0 Å². The second-order valence-electron chi connectivity index (χ2n) is 20.8. The summed E-state index contributed by atoms with van der Waals surface area (Å²) >= 11 is 8.11. The molecule has 5 N–H and O–H groups in total. The first kappa shape index (κ1) is 55.1. The fourth-order valence-electron chi connectivity index (χ4n) is 9.37. The third kappa shape index (κ3) is 13.7. The molecule has 0 unspecified atom stereocenters. The van der Waals surface area contributed by atoms with Crippen molar-refractivity contribution in [3.05, 3.63) is 99.8 Å². The molecule has 2 aliphatic rings. The van der Waals surface area contributed by atoms with Crippen LogP contribution in [0.15, 0.2) is 77.3 Å². The number of sulfone groups is 1. The molecule has 16 nitrogen and oxygen atoms in total. The Morgan fingerprint density at radius 2 is 1.67 bits per heavy atom. The molecule has 7 rings (SSSR count). The number of β-amino-alcohol motifs (C(OH)–C–C–N with tert-alkyl or cyclic N) is 1. The van der Waals surface area contributed by atoms with Crippen LogP contribution >= 0.6 is 22.9 Å². The molecule has 5 aromatic rings. The molecule has 2 aromatic heterocycles. The first-order valence-electron chi connectivity index (χ1n) is 25.1. The number of halogens is 1. The lowest BCUT2D eigenvalue weighted by Gasteiger charge is -2.35. The summed E-state index contributed by atoms with van der Waals surface area (Å²) in [6.45, 7) is 19.6. The van der Waals surface area contributed by atoms with Gasteiger partial charge in [-0.25, -0.2) is 18.4 Å². The van der Waals surface area contributed by atoms with Crippen molar-refractivity contribution in [2.24, 2.45) is 5.41 Å². The second kappa shape index (κ2) is 23.7. The number of hydrogen-bond donors (Lipinski definition) is 5. The van der Waals surface area contributed by atoms with Crippen molar-refractivity contribution >= 4 is 73.6 Å². The highest BCUT2D eigenvalue weighted by molar-refractivity contribution is 7.92. The number of piperidine rings is 1. The van der Waals surface area contributed by atoms with Gasteiger partial charge < -0.3 is 40.9 Å². The van der Waals surface area contributed by atoms with E-state index in [-0.39, 0.29) is 77.4 Å². The predicted molar refractivity (Wildman–Crippen MR) is 289 cm³/mol. The van der Waals surface area contributed by atoms with Crippen molar-refractivity contribution in [2.75, 3.05) is 36.8 Å². The highest BCUT2D eigenvalue weighted by Crippen LogP contribution is 2.39. The van der Waals surface area contributed by atoms with Gasteiger partial charge in [-0.1, -0.05) is 68.8 Å². The minimum atomic E-state index is -3.60. The number of anilines is 4. The first-order valence-corrected chi connectivity index (χ1v) is 27.9. The van der Waals surface area contributed by atoms with E-state index in [4.69, 9.17) is 16.3 Å². The molecule has 0 saturated carbocycles. The van der Waals surface area contributed by atoms with Crippen LogP contribution in [0.1, 0.15) is 109 Å². The third-order valence-corrected chi connectivity index (χ3v) is 16.9. The average molecular weight is 1060 g/mol. The van der Waals surface area contributed by atoms with Gasteiger partial charge in [-0.15, -0.1) is 11.3 Å². The summed E-state index contributed by atoms with van der Waals surface area (Å²) in [7, 11) is -3.60.